The fourth-order valence-corrected chi connectivity index (χ4v) is 1.39. The van der Waals surface area contributed by atoms with E-state index in [1.807, 2.05) is 24.3 Å². The van der Waals surface area contributed by atoms with Gasteiger partial charge in [-0.05, 0) is 24.3 Å². The zero-order valence-corrected chi connectivity index (χ0v) is 11.3. The summed E-state index contributed by atoms with van der Waals surface area (Å²) in [7, 11) is 0. The third-order valence-corrected chi connectivity index (χ3v) is 2.49. The highest BCUT2D eigenvalue weighted by molar-refractivity contribution is 9.10. The largest absolute Gasteiger partial charge is 0.376 e. The summed E-state index contributed by atoms with van der Waals surface area (Å²) in [5.41, 5.74) is 0.805. The third-order valence-electron chi connectivity index (χ3n) is 1.96. The summed E-state index contributed by atoms with van der Waals surface area (Å²) in [5, 5.41) is 7.53. The van der Waals surface area contributed by atoms with Crippen molar-refractivity contribution < 1.29 is 9.59 Å². The van der Waals surface area contributed by atoms with E-state index in [0.717, 1.165) is 10.2 Å². The predicted molar refractivity (Wildman–Crippen MR) is 74.4 cm³/mol. The van der Waals surface area contributed by atoms with Crippen LogP contribution in [0.2, 0.25) is 0 Å². The summed E-state index contributed by atoms with van der Waals surface area (Å²) in [4.78, 5) is 22.5. The molecule has 0 saturated heterocycles. The van der Waals surface area contributed by atoms with Crippen LogP contribution in [-0.2, 0) is 4.79 Å². The number of hydrogen-bond donors (Lipinski definition) is 3. The Hall–Kier alpha value is -1.82. The van der Waals surface area contributed by atoms with Crippen molar-refractivity contribution in [2.24, 2.45) is 0 Å². The van der Waals surface area contributed by atoms with Crippen LogP contribution >= 0.6 is 15.9 Å². The Kier molecular flexibility index (Phi) is 5.93. The van der Waals surface area contributed by atoms with Crippen molar-refractivity contribution in [3.05, 3.63) is 41.4 Å². The van der Waals surface area contributed by atoms with E-state index in [2.05, 4.69) is 38.5 Å². The van der Waals surface area contributed by atoms with Crippen molar-refractivity contribution in [2.75, 3.05) is 18.4 Å². The van der Waals surface area contributed by atoms with E-state index in [0.29, 0.717) is 6.54 Å². The zero-order chi connectivity index (χ0) is 13.4. The quantitative estimate of drug-likeness (QED) is 0.727. The number of imide groups is 1. The van der Waals surface area contributed by atoms with Gasteiger partial charge >= 0.3 is 6.03 Å². The second kappa shape index (κ2) is 7.50. The van der Waals surface area contributed by atoms with Crippen molar-refractivity contribution in [1.82, 2.24) is 10.6 Å². The molecule has 1 rings (SSSR count). The molecule has 3 amide bonds. The molecular formula is C12H14BrN3O2. The molecule has 1 aromatic carbocycles. The molecule has 0 radical (unpaired) electrons. The summed E-state index contributed by atoms with van der Waals surface area (Å²) < 4.78 is 0.960. The Balaban J connectivity index is 2.30. The summed E-state index contributed by atoms with van der Waals surface area (Å²) in [6, 6.07) is 6.84. The Bertz CT molecular complexity index is 431. The first-order valence-electron chi connectivity index (χ1n) is 5.30. The summed E-state index contributed by atoms with van der Waals surface area (Å²) in [6.45, 7) is 3.80. The van der Waals surface area contributed by atoms with Gasteiger partial charge in [-0.1, -0.05) is 22.0 Å². The van der Waals surface area contributed by atoms with Crippen LogP contribution in [0, 0.1) is 0 Å². The van der Waals surface area contributed by atoms with Crippen molar-refractivity contribution in [3.8, 4) is 0 Å². The first-order valence-corrected chi connectivity index (χ1v) is 6.09. The lowest BCUT2D eigenvalue weighted by Crippen LogP contribution is -2.41. The molecule has 0 atom stereocenters. The molecule has 0 heterocycles. The van der Waals surface area contributed by atoms with Crippen LogP contribution in [0.1, 0.15) is 0 Å². The van der Waals surface area contributed by atoms with Gasteiger partial charge in [-0.25, -0.2) is 4.79 Å². The molecule has 0 aliphatic carbocycles. The molecule has 3 N–H and O–H groups in total. The molecule has 6 heteroatoms. The Labute approximate surface area is 114 Å². The molecule has 0 spiro atoms. The highest BCUT2D eigenvalue weighted by Crippen LogP contribution is 2.13. The van der Waals surface area contributed by atoms with Gasteiger partial charge in [0.15, 0.2) is 0 Å². The molecule has 0 unspecified atom stereocenters. The average molecular weight is 312 g/mol. The number of carbonyl (C=O) groups is 2. The van der Waals surface area contributed by atoms with Gasteiger partial charge in [-0.2, -0.15) is 0 Å². The number of amides is 3. The highest BCUT2D eigenvalue weighted by Gasteiger charge is 2.05. The lowest BCUT2D eigenvalue weighted by molar-refractivity contribution is -0.118. The minimum atomic E-state index is -0.530. The molecule has 0 aromatic heterocycles. The van der Waals surface area contributed by atoms with E-state index in [1.54, 1.807) is 0 Å². The molecule has 0 aliphatic rings. The van der Waals surface area contributed by atoms with Gasteiger partial charge in [0.2, 0.25) is 5.91 Å². The first-order chi connectivity index (χ1) is 8.61. The minimum Gasteiger partial charge on any atom is -0.376 e. The van der Waals surface area contributed by atoms with E-state index in [1.165, 1.54) is 6.08 Å². The van der Waals surface area contributed by atoms with Crippen LogP contribution in [0.4, 0.5) is 10.5 Å². The molecule has 0 saturated carbocycles. The van der Waals surface area contributed by atoms with Gasteiger partial charge in [0.05, 0.1) is 6.54 Å². The minimum absolute atomic E-state index is 0.0309. The number of carbonyl (C=O) groups excluding carboxylic acids is 2. The van der Waals surface area contributed by atoms with Crippen LogP contribution in [0.25, 0.3) is 0 Å². The maximum Gasteiger partial charge on any atom is 0.321 e. The maximum atomic E-state index is 11.4. The van der Waals surface area contributed by atoms with E-state index in [4.69, 9.17) is 0 Å². The van der Waals surface area contributed by atoms with Crippen molar-refractivity contribution in [3.63, 3.8) is 0 Å². The van der Waals surface area contributed by atoms with E-state index >= 15 is 0 Å². The van der Waals surface area contributed by atoms with Crippen molar-refractivity contribution in [2.45, 2.75) is 0 Å². The van der Waals surface area contributed by atoms with Crippen molar-refractivity contribution in [1.29, 1.82) is 0 Å². The predicted octanol–water partition coefficient (Wildman–Crippen LogP) is 1.87. The second-order valence-electron chi connectivity index (χ2n) is 3.41. The summed E-state index contributed by atoms with van der Waals surface area (Å²) in [6.07, 6.45) is 1.53. The number of anilines is 1. The van der Waals surface area contributed by atoms with Crippen LogP contribution in [-0.4, -0.2) is 25.0 Å². The van der Waals surface area contributed by atoms with E-state index < -0.39 is 11.9 Å². The molecule has 18 heavy (non-hydrogen) atoms. The number of halogens is 1. The number of nitrogens with one attached hydrogen (secondary N) is 3. The van der Waals surface area contributed by atoms with E-state index in [-0.39, 0.29) is 6.54 Å². The monoisotopic (exact) mass is 311 g/mol. The number of benzene rings is 1. The second-order valence-corrected chi connectivity index (χ2v) is 4.32. The zero-order valence-electron chi connectivity index (χ0n) is 9.70. The smallest absolute Gasteiger partial charge is 0.321 e. The normalized spacial score (nSPS) is 9.39. The van der Waals surface area contributed by atoms with Gasteiger partial charge in [0, 0.05) is 16.7 Å². The summed E-state index contributed by atoms with van der Waals surface area (Å²) in [5.74, 6) is -0.403. The molecule has 5 nitrogen and oxygen atoms in total. The Morgan fingerprint density at radius 3 is 2.56 bits per heavy atom. The van der Waals surface area contributed by atoms with Gasteiger partial charge < -0.3 is 10.6 Å². The van der Waals surface area contributed by atoms with Crippen LogP contribution in [0.3, 0.4) is 0 Å². The maximum absolute atomic E-state index is 11.4. The van der Waals surface area contributed by atoms with E-state index in [9.17, 15) is 9.59 Å². The van der Waals surface area contributed by atoms with Crippen LogP contribution < -0.4 is 16.0 Å². The number of urea groups is 1. The lowest BCUT2D eigenvalue weighted by Gasteiger charge is -2.07. The van der Waals surface area contributed by atoms with Crippen molar-refractivity contribution >= 4 is 33.6 Å². The fraction of sp³-hybridized carbons (Fsp3) is 0.167. The van der Waals surface area contributed by atoms with Crippen LogP contribution in [0.5, 0.6) is 0 Å². The number of rotatable bonds is 5. The van der Waals surface area contributed by atoms with Gasteiger partial charge in [-0.3, -0.25) is 10.1 Å². The molecule has 1 aromatic rings. The molecular weight excluding hydrogens is 298 g/mol. The first kappa shape index (κ1) is 14.2. The molecule has 0 aliphatic heterocycles. The fourth-order valence-electron chi connectivity index (χ4n) is 1.13. The molecule has 0 bridgehead atoms. The average Bonchev–Trinajstić information content (AvgIpc) is 2.35. The Morgan fingerprint density at radius 1 is 1.28 bits per heavy atom. The van der Waals surface area contributed by atoms with Gasteiger partial charge in [-0.15, -0.1) is 6.58 Å². The van der Waals surface area contributed by atoms with Gasteiger partial charge in [0.1, 0.15) is 0 Å². The standard InChI is InChI=1S/C12H14BrN3O2/c1-2-7-14-12(18)16-11(17)8-15-10-5-3-9(13)4-6-10/h2-6,15H,1,7-8H2,(H2,14,16,17,18). The number of hydrogen-bond acceptors (Lipinski definition) is 3. The van der Waals surface area contributed by atoms with Crippen LogP contribution in [0.15, 0.2) is 41.4 Å². The lowest BCUT2D eigenvalue weighted by atomic mass is 10.3. The Morgan fingerprint density at radius 2 is 1.94 bits per heavy atom. The SMILES string of the molecule is C=CCNC(=O)NC(=O)CNc1ccc(Br)cc1. The third kappa shape index (κ3) is 5.49. The summed E-state index contributed by atoms with van der Waals surface area (Å²) >= 11 is 3.31. The molecule has 96 valence electrons. The highest BCUT2D eigenvalue weighted by atomic mass is 79.9. The molecule has 0 fully saturated rings. The van der Waals surface area contributed by atoms with Gasteiger partial charge in [0.25, 0.3) is 0 Å². The topological polar surface area (TPSA) is 70.2 Å².